The van der Waals surface area contributed by atoms with E-state index in [1.165, 1.54) is 14.2 Å². The Morgan fingerprint density at radius 3 is 2.27 bits per heavy atom. The van der Waals surface area contributed by atoms with Crippen LogP contribution >= 0.6 is 11.6 Å². The maximum Gasteiger partial charge on any atom is 0.412 e. The maximum absolute atomic E-state index is 11.9. The number of benzene rings is 1. The zero-order valence-electron chi connectivity index (χ0n) is 13.4. The number of methoxy groups -OCH3 is 2. The molecule has 7 heteroatoms. The number of ether oxygens (including phenoxy) is 3. The van der Waals surface area contributed by atoms with Gasteiger partial charge in [0.05, 0.1) is 31.9 Å². The number of nitrogens with one attached hydrogen (secondary N) is 1. The summed E-state index contributed by atoms with van der Waals surface area (Å²) in [6.45, 7) is 5.28. The van der Waals surface area contributed by atoms with E-state index in [0.29, 0.717) is 22.7 Å². The number of carbonyl (C=O) groups is 1. The highest BCUT2D eigenvalue weighted by Crippen LogP contribution is 2.36. The van der Waals surface area contributed by atoms with Crippen LogP contribution in [-0.2, 0) is 4.74 Å². The molecule has 6 nitrogen and oxygen atoms in total. The van der Waals surface area contributed by atoms with Gasteiger partial charge in [-0.1, -0.05) is 0 Å². The van der Waals surface area contributed by atoms with Crippen molar-refractivity contribution in [1.29, 1.82) is 0 Å². The molecule has 1 amide bonds. The molecule has 1 rings (SSSR count). The van der Waals surface area contributed by atoms with Crippen molar-refractivity contribution in [2.24, 2.45) is 0 Å². The number of hydrogen-bond donors (Lipinski definition) is 2. The summed E-state index contributed by atoms with van der Waals surface area (Å²) in [5.41, 5.74) is 0.130. The molecule has 0 aliphatic carbocycles. The zero-order chi connectivity index (χ0) is 16.9. The Balaban J connectivity index is 3.17. The molecule has 1 aromatic carbocycles. The summed E-state index contributed by atoms with van der Waals surface area (Å²) in [6, 6.07) is 3.12. The fourth-order valence-electron chi connectivity index (χ4n) is 1.78. The molecule has 124 valence electrons. The molecule has 0 radical (unpaired) electrons. The lowest BCUT2D eigenvalue weighted by Gasteiger charge is -2.22. The van der Waals surface area contributed by atoms with E-state index in [2.05, 4.69) is 5.32 Å². The number of anilines is 1. The van der Waals surface area contributed by atoms with Crippen LogP contribution in [0.1, 0.15) is 32.4 Å². The van der Waals surface area contributed by atoms with Crippen molar-refractivity contribution in [2.45, 2.75) is 32.5 Å². The molecule has 0 aliphatic heterocycles. The van der Waals surface area contributed by atoms with E-state index in [0.717, 1.165) is 0 Å². The van der Waals surface area contributed by atoms with Gasteiger partial charge in [-0.05, 0) is 26.8 Å². The van der Waals surface area contributed by atoms with Crippen LogP contribution in [0.2, 0.25) is 0 Å². The van der Waals surface area contributed by atoms with Gasteiger partial charge in [0.2, 0.25) is 0 Å². The van der Waals surface area contributed by atoms with Crippen LogP contribution in [0.5, 0.6) is 11.5 Å². The highest BCUT2D eigenvalue weighted by molar-refractivity contribution is 6.18. The molecular weight excluding hydrogens is 310 g/mol. The third-order valence-electron chi connectivity index (χ3n) is 2.70. The third-order valence-corrected chi connectivity index (χ3v) is 2.99. The summed E-state index contributed by atoms with van der Waals surface area (Å²) in [5, 5.41) is 12.6. The van der Waals surface area contributed by atoms with Crippen LogP contribution in [-0.4, -0.2) is 36.9 Å². The van der Waals surface area contributed by atoms with Crippen LogP contribution in [0.15, 0.2) is 12.1 Å². The molecule has 0 heterocycles. The minimum atomic E-state index is -0.966. The van der Waals surface area contributed by atoms with Gasteiger partial charge in [-0.2, -0.15) is 0 Å². The van der Waals surface area contributed by atoms with Crippen LogP contribution in [0.4, 0.5) is 10.5 Å². The van der Waals surface area contributed by atoms with Gasteiger partial charge in [0, 0.05) is 11.6 Å². The average Bonchev–Trinajstić information content (AvgIpc) is 2.43. The fourth-order valence-corrected chi connectivity index (χ4v) is 1.94. The standard InChI is InChI=1S/C15H22ClNO5/c1-15(2,3)22-14(19)17-10-7-13(21-5)12(20-4)6-9(10)11(18)8-16/h6-7,11,18H,8H2,1-5H3,(H,17,19). The van der Waals surface area contributed by atoms with Crippen molar-refractivity contribution in [3.63, 3.8) is 0 Å². The fraction of sp³-hybridized carbons (Fsp3) is 0.533. The molecule has 1 unspecified atom stereocenters. The Morgan fingerprint density at radius 2 is 1.82 bits per heavy atom. The molecule has 1 atom stereocenters. The summed E-state index contributed by atoms with van der Waals surface area (Å²) in [7, 11) is 2.96. The Labute approximate surface area is 135 Å². The summed E-state index contributed by atoms with van der Waals surface area (Å²) in [4.78, 5) is 11.9. The topological polar surface area (TPSA) is 77.0 Å². The third kappa shape index (κ3) is 4.96. The minimum Gasteiger partial charge on any atom is -0.493 e. The lowest BCUT2D eigenvalue weighted by Crippen LogP contribution is -2.27. The summed E-state index contributed by atoms with van der Waals surface area (Å²) in [6.07, 6.45) is -1.60. The molecule has 2 N–H and O–H groups in total. The van der Waals surface area contributed by atoms with Crippen LogP contribution in [0.3, 0.4) is 0 Å². The molecule has 0 bridgehead atoms. The normalized spacial score (nSPS) is 12.5. The van der Waals surface area contributed by atoms with E-state index < -0.39 is 17.8 Å². The highest BCUT2D eigenvalue weighted by atomic mass is 35.5. The number of carbonyl (C=O) groups excluding carboxylic acids is 1. The quantitative estimate of drug-likeness (QED) is 0.809. The number of hydrogen-bond acceptors (Lipinski definition) is 5. The van der Waals surface area contributed by atoms with E-state index in [1.807, 2.05) is 0 Å². The van der Waals surface area contributed by atoms with E-state index in [1.54, 1.807) is 32.9 Å². The van der Waals surface area contributed by atoms with Gasteiger partial charge in [-0.3, -0.25) is 5.32 Å². The van der Waals surface area contributed by atoms with Gasteiger partial charge in [-0.15, -0.1) is 11.6 Å². The van der Waals surface area contributed by atoms with Gasteiger partial charge in [0.15, 0.2) is 11.5 Å². The van der Waals surface area contributed by atoms with Crippen molar-refractivity contribution >= 4 is 23.4 Å². The van der Waals surface area contributed by atoms with Gasteiger partial charge in [-0.25, -0.2) is 4.79 Å². The van der Waals surface area contributed by atoms with Gasteiger partial charge < -0.3 is 19.3 Å². The number of aliphatic hydroxyl groups excluding tert-OH is 1. The Bertz CT molecular complexity index is 527. The van der Waals surface area contributed by atoms with Crippen molar-refractivity contribution in [1.82, 2.24) is 0 Å². The van der Waals surface area contributed by atoms with Crippen molar-refractivity contribution < 1.29 is 24.1 Å². The smallest absolute Gasteiger partial charge is 0.412 e. The second-order valence-electron chi connectivity index (χ2n) is 5.59. The monoisotopic (exact) mass is 331 g/mol. The van der Waals surface area contributed by atoms with Crippen molar-refractivity contribution in [3.8, 4) is 11.5 Å². The van der Waals surface area contributed by atoms with E-state index >= 15 is 0 Å². The predicted octanol–water partition coefficient (Wildman–Crippen LogP) is 3.32. The van der Waals surface area contributed by atoms with Crippen LogP contribution in [0, 0.1) is 0 Å². The summed E-state index contributed by atoms with van der Waals surface area (Å²) < 4.78 is 15.6. The number of rotatable bonds is 5. The molecular formula is C15H22ClNO5. The highest BCUT2D eigenvalue weighted by Gasteiger charge is 2.21. The Morgan fingerprint density at radius 1 is 1.27 bits per heavy atom. The first kappa shape index (κ1) is 18.4. The van der Waals surface area contributed by atoms with Gasteiger partial charge >= 0.3 is 6.09 Å². The first-order chi connectivity index (χ1) is 10.2. The lowest BCUT2D eigenvalue weighted by molar-refractivity contribution is 0.0635. The molecule has 0 aliphatic rings. The van der Waals surface area contributed by atoms with Gasteiger partial charge in [0.1, 0.15) is 5.60 Å². The average molecular weight is 332 g/mol. The van der Waals surface area contributed by atoms with Crippen LogP contribution < -0.4 is 14.8 Å². The molecule has 0 spiro atoms. The molecule has 22 heavy (non-hydrogen) atoms. The van der Waals surface area contributed by atoms with Crippen molar-refractivity contribution in [2.75, 3.05) is 25.4 Å². The van der Waals surface area contributed by atoms with E-state index in [9.17, 15) is 9.90 Å². The SMILES string of the molecule is COc1cc(NC(=O)OC(C)(C)C)c(C(O)CCl)cc1OC. The minimum absolute atomic E-state index is 0.0293. The first-order valence-electron chi connectivity index (χ1n) is 6.71. The Kier molecular flexibility index (Phi) is 6.32. The first-order valence-corrected chi connectivity index (χ1v) is 7.25. The van der Waals surface area contributed by atoms with E-state index in [4.69, 9.17) is 25.8 Å². The van der Waals surface area contributed by atoms with Crippen molar-refractivity contribution in [3.05, 3.63) is 17.7 Å². The maximum atomic E-state index is 11.9. The summed E-state index contributed by atoms with van der Waals surface area (Å²) >= 11 is 5.70. The summed E-state index contributed by atoms with van der Waals surface area (Å²) in [5.74, 6) is 0.814. The molecule has 0 saturated heterocycles. The molecule has 1 aromatic rings. The second kappa shape index (κ2) is 7.56. The van der Waals surface area contributed by atoms with Gasteiger partial charge in [0.25, 0.3) is 0 Å². The zero-order valence-corrected chi connectivity index (χ0v) is 14.2. The molecule has 0 saturated carbocycles. The molecule has 0 fully saturated rings. The predicted molar refractivity (Wildman–Crippen MR) is 85.1 cm³/mol. The number of halogens is 1. The Hall–Kier alpha value is -1.66. The van der Waals surface area contributed by atoms with E-state index in [-0.39, 0.29) is 5.88 Å². The lowest BCUT2D eigenvalue weighted by atomic mass is 10.1. The second-order valence-corrected chi connectivity index (χ2v) is 5.90. The van der Waals surface area contributed by atoms with Crippen LogP contribution in [0.25, 0.3) is 0 Å². The number of alkyl halides is 1. The number of aliphatic hydroxyl groups is 1. The largest absolute Gasteiger partial charge is 0.493 e. The molecule has 0 aromatic heterocycles. The number of amides is 1.